The minimum Gasteiger partial charge on any atom is -0.497 e. The molecule has 176 valence electrons. The number of rotatable bonds is 10. The normalized spacial score (nSPS) is 15.1. The molecule has 0 aliphatic carbocycles. The summed E-state index contributed by atoms with van der Waals surface area (Å²) in [5.74, 6) is 2.23. The lowest BCUT2D eigenvalue weighted by molar-refractivity contribution is -0.132. The van der Waals surface area contributed by atoms with Gasteiger partial charge in [0.2, 0.25) is 0 Å². The molecule has 1 N–H and O–H groups in total. The van der Waals surface area contributed by atoms with Crippen molar-refractivity contribution in [3.63, 3.8) is 0 Å². The van der Waals surface area contributed by atoms with Crippen LogP contribution >= 0.6 is 0 Å². The molecule has 1 amide bonds. The molecule has 3 aromatic carbocycles. The van der Waals surface area contributed by atoms with Gasteiger partial charge in [-0.05, 0) is 47.5 Å². The first kappa shape index (κ1) is 23.3. The van der Waals surface area contributed by atoms with Crippen molar-refractivity contribution in [2.24, 2.45) is 5.10 Å². The predicted molar refractivity (Wildman–Crippen MR) is 132 cm³/mol. The standard InChI is InChI=1S/C27H29N3O4/c1-32-22-10-8-21(9-11-22)26-18-25(20-6-4-3-5-7-20)29-30(26)27(31)19-28-16-17-34-24-14-12-23(33-2)13-15-24/h3-15,26,28H,16-19H2,1-2H3. The topological polar surface area (TPSA) is 72.4 Å². The van der Waals surface area contributed by atoms with Crippen LogP contribution < -0.4 is 19.5 Å². The van der Waals surface area contributed by atoms with Crippen LogP contribution in [0.15, 0.2) is 84.0 Å². The van der Waals surface area contributed by atoms with E-state index in [1.807, 2.05) is 78.9 Å². The van der Waals surface area contributed by atoms with Crippen LogP contribution in [0.4, 0.5) is 0 Å². The minimum absolute atomic E-state index is 0.0869. The average molecular weight is 460 g/mol. The van der Waals surface area contributed by atoms with Gasteiger partial charge >= 0.3 is 0 Å². The molecule has 0 aromatic heterocycles. The Kier molecular flexibility index (Phi) is 7.78. The summed E-state index contributed by atoms with van der Waals surface area (Å²) < 4.78 is 16.1. The number of nitrogens with one attached hydrogen (secondary N) is 1. The van der Waals surface area contributed by atoms with E-state index in [-0.39, 0.29) is 18.5 Å². The Labute approximate surface area is 200 Å². The van der Waals surface area contributed by atoms with Crippen molar-refractivity contribution in [2.75, 3.05) is 33.9 Å². The molecule has 1 atom stereocenters. The van der Waals surface area contributed by atoms with Crippen molar-refractivity contribution >= 4 is 11.6 Å². The third kappa shape index (κ3) is 5.74. The first-order valence-corrected chi connectivity index (χ1v) is 11.2. The summed E-state index contributed by atoms with van der Waals surface area (Å²) in [6.07, 6.45) is 0.655. The van der Waals surface area contributed by atoms with Gasteiger partial charge < -0.3 is 19.5 Å². The lowest BCUT2D eigenvalue weighted by atomic mass is 9.98. The SMILES string of the molecule is COc1ccc(OCCNCC(=O)N2N=C(c3ccccc3)CC2c2ccc(OC)cc2)cc1. The van der Waals surface area contributed by atoms with E-state index in [0.29, 0.717) is 19.6 Å². The molecule has 1 unspecified atom stereocenters. The molecule has 1 aliphatic heterocycles. The molecule has 1 heterocycles. The maximum Gasteiger partial charge on any atom is 0.257 e. The second-order valence-electron chi connectivity index (χ2n) is 7.84. The van der Waals surface area contributed by atoms with Crippen molar-refractivity contribution in [3.8, 4) is 17.2 Å². The van der Waals surface area contributed by atoms with Crippen LogP contribution in [0.1, 0.15) is 23.6 Å². The van der Waals surface area contributed by atoms with E-state index in [4.69, 9.17) is 19.3 Å². The number of methoxy groups -OCH3 is 2. The minimum atomic E-state index is -0.161. The monoisotopic (exact) mass is 459 g/mol. The fraction of sp³-hybridized carbons (Fsp3) is 0.259. The summed E-state index contributed by atoms with van der Waals surface area (Å²) in [7, 11) is 3.27. The van der Waals surface area contributed by atoms with Gasteiger partial charge in [-0.2, -0.15) is 5.10 Å². The molecule has 0 saturated heterocycles. The fourth-order valence-electron chi connectivity index (χ4n) is 3.82. The van der Waals surface area contributed by atoms with Gasteiger partial charge in [0.05, 0.1) is 32.5 Å². The summed E-state index contributed by atoms with van der Waals surface area (Å²) in [5.41, 5.74) is 2.95. The zero-order chi connectivity index (χ0) is 23.8. The number of hydrogen-bond acceptors (Lipinski definition) is 6. The highest BCUT2D eigenvalue weighted by atomic mass is 16.5. The average Bonchev–Trinajstić information content (AvgIpc) is 3.35. The number of carbonyl (C=O) groups excluding carboxylic acids is 1. The summed E-state index contributed by atoms with van der Waals surface area (Å²) in [6.45, 7) is 1.15. The van der Waals surface area contributed by atoms with E-state index in [1.54, 1.807) is 19.2 Å². The Balaban J connectivity index is 1.37. The van der Waals surface area contributed by atoms with Crippen molar-refractivity contribution in [3.05, 3.63) is 90.0 Å². The van der Waals surface area contributed by atoms with Gasteiger partial charge in [-0.25, -0.2) is 5.01 Å². The Morgan fingerprint density at radius 2 is 1.53 bits per heavy atom. The highest BCUT2D eigenvalue weighted by Gasteiger charge is 2.32. The third-order valence-electron chi connectivity index (χ3n) is 5.66. The number of carbonyl (C=O) groups is 1. The van der Waals surface area contributed by atoms with Crippen molar-refractivity contribution in [1.29, 1.82) is 0 Å². The van der Waals surface area contributed by atoms with Crippen LogP contribution in [0.2, 0.25) is 0 Å². The number of ether oxygens (including phenoxy) is 3. The second kappa shape index (κ2) is 11.3. The Bertz CT molecular complexity index is 1100. The Hall–Kier alpha value is -3.84. The number of amides is 1. The maximum atomic E-state index is 13.1. The molecule has 1 aliphatic rings. The van der Waals surface area contributed by atoms with Gasteiger partial charge in [0, 0.05) is 13.0 Å². The first-order chi connectivity index (χ1) is 16.7. The summed E-state index contributed by atoms with van der Waals surface area (Å²) in [5, 5.41) is 9.48. The molecule has 0 bridgehead atoms. The predicted octanol–water partition coefficient (Wildman–Crippen LogP) is 4.05. The number of nitrogens with zero attached hydrogens (tertiary/aromatic N) is 2. The van der Waals surface area contributed by atoms with Crippen LogP contribution in [0.3, 0.4) is 0 Å². The molecule has 0 radical (unpaired) electrons. The quantitative estimate of drug-likeness (QED) is 0.463. The third-order valence-corrected chi connectivity index (χ3v) is 5.66. The second-order valence-corrected chi connectivity index (χ2v) is 7.84. The summed E-state index contributed by atoms with van der Waals surface area (Å²) in [6, 6.07) is 25.0. The molecule has 3 aromatic rings. The van der Waals surface area contributed by atoms with Crippen LogP contribution in [0, 0.1) is 0 Å². The zero-order valence-corrected chi connectivity index (χ0v) is 19.4. The highest BCUT2D eigenvalue weighted by molar-refractivity contribution is 6.03. The molecular formula is C27H29N3O4. The molecule has 7 nitrogen and oxygen atoms in total. The van der Waals surface area contributed by atoms with Gasteiger partial charge in [-0.3, -0.25) is 4.79 Å². The maximum absolute atomic E-state index is 13.1. The van der Waals surface area contributed by atoms with Crippen LogP contribution in [-0.4, -0.2) is 50.5 Å². The largest absolute Gasteiger partial charge is 0.497 e. The lowest BCUT2D eigenvalue weighted by Gasteiger charge is -2.22. The van der Waals surface area contributed by atoms with Crippen LogP contribution in [-0.2, 0) is 4.79 Å². The van der Waals surface area contributed by atoms with Crippen molar-refractivity contribution in [2.45, 2.75) is 12.5 Å². The van der Waals surface area contributed by atoms with Crippen LogP contribution in [0.25, 0.3) is 0 Å². The van der Waals surface area contributed by atoms with Gasteiger partial charge in [-0.1, -0.05) is 42.5 Å². The fourth-order valence-corrected chi connectivity index (χ4v) is 3.82. The molecule has 0 spiro atoms. The molecule has 0 saturated carbocycles. The summed E-state index contributed by atoms with van der Waals surface area (Å²) >= 11 is 0. The zero-order valence-electron chi connectivity index (χ0n) is 19.4. The number of hydrogen-bond donors (Lipinski definition) is 1. The van der Waals surface area contributed by atoms with Crippen molar-refractivity contribution in [1.82, 2.24) is 10.3 Å². The molecule has 34 heavy (non-hydrogen) atoms. The molecule has 7 heteroatoms. The van der Waals surface area contributed by atoms with E-state index in [0.717, 1.165) is 34.1 Å². The number of hydrazone groups is 1. The molecule has 0 fully saturated rings. The van der Waals surface area contributed by atoms with Gasteiger partial charge in [-0.15, -0.1) is 0 Å². The smallest absolute Gasteiger partial charge is 0.257 e. The van der Waals surface area contributed by atoms with Gasteiger partial charge in [0.15, 0.2) is 0 Å². The first-order valence-electron chi connectivity index (χ1n) is 11.2. The van der Waals surface area contributed by atoms with E-state index >= 15 is 0 Å². The Morgan fingerprint density at radius 1 is 0.912 bits per heavy atom. The van der Waals surface area contributed by atoms with E-state index in [2.05, 4.69) is 5.32 Å². The van der Waals surface area contributed by atoms with E-state index in [9.17, 15) is 4.79 Å². The highest BCUT2D eigenvalue weighted by Crippen LogP contribution is 2.33. The lowest BCUT2D eigenvalue weighted by Crippen LogP contribution is -2.36. The number of benzene rings is 3. The van der Waals surface area contributed by atoms with E-state index in [1.165, 1.54) is 0 Å². The van der Waals surface area contributed by atoms with Gasteiger partial charge in [0.1, 0.15) is 23.9 Å². The van der Waals surface area contributed by atoms with Crippen LogP contribution in [0.5, 0.6) is 17.2 Å². The molecule has 4 rings (SSSR count). The summed E-state index contributed by atoms with van der Waals surface area (Å²) in [4.78, 5) is 13.1. The van der Waals surface area contributed by atoms with Gasteiger partial charge in [0.25, 0.3) is 5.91 Å². The van der Waals surface area contributed by atoms with Crippen molar-refractivity contribution < 1.29 is 19.0 Å². The molecular weight excluding hydrogens is 430 g/mol. The Morgan fingerprint density at radius 3 is 2.18 bits per heavy atom. The van der Waals surface area contributed by atoms with E-state index < -0.39 is 0 Å².